The average molecular weight is 273 g/mol. The summed E-state index contributed by atoms with van der Waals surface area (Å²) in [6.07, 6.45) is 4.48. The number of nitrogen functional groups attached to an aromatic ring is 1. The first-order chi connectivity index (χ1) is 9.31. The van der Waals surface area contributed by atoms with Crippen LogP contribution in [0.25, 0.3) is 0 Å². The summed E-state index contributed by atoms with van der Waals surface area (Å²) in [6.45, 7) is 3.31. The number of nitrogens with two attached hydrogens (primary N) is 1. The molecule has 0 bridgehead atoms. The van der Waals surface area contributed by atoms with E-state index >= 15 is 0 Å². The number of hydrogen-bond donors (Lipinski definition) is 1. The van der Waals surface area contributed by atoms with Crippen LogP contribution in [0.2, 0.25) is 0 Å². The van der Waals surface area contributed by atoms with Gasteiger partial charge in [0.1, 0.15) is 0 Å². The Hall–Kier alpha value is -1.39. The van der Waals surface area contributed by atoms with Gasteiger partial charge in [0.2, 0.25) is 0 Å². The third kappa shape index (κ3) is 3.14. The predicted octanol–water partition coefficient (Wildman–Crippen LogP) is 3.10. The fourth-order valence-corrected chi connectivity index (χ4v) is 3.54. The monoisotopic (exact) mass is 273 g/mol. The first kappa shape index (κ1) is 12.6. The van der Waals surface area contributed by atoms with Crippen LogP contribution in [-0.2, 0) is 6.54 Å². The van der Waals surface area contributed by atoms with Crippen molar-refractivity contribution in [1.82, 2.24) is 9.88 Å². The first-order valence-electron chi connectivity index (χ1n) is 6.79. The molecule has 1 unspecified atom stereocenters. The van der Waals surface area contributed by atoms with E-state index in [1.807, 2.05) is 6.20 Å². The summed E-state index contributed by atoms with van der Waals surface area (Å²) in [4.78, 5) is 7.92. The van der Waals surface area contributed by atoms with E-state index in [-0.39, 0.29) is 0 Å². The number of thiazole rings is 1. The number of benzene rings is 1. The molecule has 1 aliphatic heterocycles. The molecule has 0 amide bonds. The zero-order valence-corrected chi connectivity index (χ0v) is 11.8. The first-order valence-corrected chi connectivity index (χ1v) is 7.60. The molecule has 4 heteroatoms. The Morgan fingerprint density at radius 1 is 1.32 bits per heavy atom. The maximum absolute atomic E-state index is 5.69. The van der Waals surface area contributed by atoms with E-state index in [0.717, 1.165) is 13.1 Å². The second-order valence-corrected chi connectivity index (χ2v) is 6.30. The van der Waals surface area contributed by atoms with Crippen LogP contribution >= 0.6 is 11.3 Å². The minimum absolute atomic E-state index is 0.667. The van der Waals surface area contributed by atoms with Crippen molar-refractivity contribution in [3.8, 4) is 0 Å². The smallest absolute Gasteiger partial charge is 0.180 e. The second-order valence-electron chi connectivity index (χ2n) is 5.15. The van der Waals surface area contributed by atoms with E-state index in [0.29, 0.717) is 11.0 Å². The van der Waals surface area contributed by atoms with Crippen molar-refractivity contribution in [3.05, 3.63) is 47.0 Å². The van der Waals surface area contributed by atoms with E-state index < -0.39 is 0 Å². The van der Waals surface area contributed by atoms with Crippen LogP contribution in [0, 0.1) is 0 Å². The molecule has 1 saturated heterocycles. The van der Waals surface area contributed by atoms with Gasteiger partial charge in [-0.15, -0.1) is 11.3 Å². The van der Waals surface area contributed by atoms with Crippen LogP contribution in [0.4, 0.5) is 5.13 Å². The Morgan fingerprint density at radius 2 is 2.16 bits per heavy atom. The minimum Gasteiger partial charge on any atom is -0.375 e. The molecule has 0 saturated carbocycles. The highest BCUT2D eigenvalue weighted by Gasteiger charge is 2.21. The zero-order chi connectivity index (χ0) is 13.1. The molecule has 1 atom stereocenters. The Bertz CT molecular complexity index is 523. The number of likely N-dealkylation sites (tertiary alicyclic amines) is 1. The topological polar surface area (TPSA) is 42.1 Å². The van der Waals surface area contributed by atoms with Crippen molar-refractivity contribution in [2.75, 3.05) is 18.8 Å². The lowest BCUT2D eigenvalue weighted by Crippen LogP contribution is -2.33. The van der Waals surface area contributed by atoms with Gasteiger partial charge in [-0.2, -0.15) is 0 Å². The van der Waals surface area contributed by atoms with Crippen LogP contribution in [0.5, 0.6) is 0 Å². The van der Waals surface area contributed by atoms with E-state index in [1.165, 1.54) is 29.8 Å². The van der Waals surface area contributed by atoms with Crippen molar-refractivity contribution < 1.29 is 0 Å². The summed E-state index contributed by atoms with van der Waals surface area (Å²) in [5.74, 6) is 0.667. The van der Waals surface area contributed by atoms with Crippen molar-refractivity contribution in [2.24, 2.45) is 0 Å². The fraction of sp³-hybridized carbons (Fsp3) is 0.400. The molecule has 0 radical (unpaired) electrons. The maximum Gasteiger partial charge on any atom is 0.180 e. The number of anilines is 1. The number of rotatable bonds is 3. The zero-order valence-electron chi connectivity index (χ0n) is 11.0. The molecule has 1 fully saturated rings. The number of nitrogens with zero attached hydrogens (tertiary/aromatic N) is 2. The van der Waals surface area contributed by atoms with Gasteiger partial charge < -0.3 is 5.73 Å². The normalized spacial score (nSPS) is 20.5. The maximum atomic E-state index is 5.69. The summed E-state index contributed by atoms with van der Waals surface area (Å²) in [6, 6.07) is 10.9. The average Bonchev–Trinajstić information content (AvgIpc) is 2.85. The predicted molar refractivity (Wildman–Crippen MR) is 80.2 cm³/mol. The van der Waals surface area contributed by atoms with Crippen LogP contribution < -0.4 is 5.73 Å². The van der Waals surface area contributed by atoms with E-state index in [9.17, 15) is 0 Å². The molecular formula is C15H19N3S. The van der Waals surface area contributed by atoms with Gasteiger partial charge in [-0.05, 0) is 30.9 Å². The molecule has 2 N–H and O–H groups in total. The molecular weight excluding hydrogens is 254 g/mol. The lowest BCUT2D eigenvalue weighted by atomic mass is 9.91. The highest BCUT2D eigenvalue weighted by Crippen LogP contribution is 2.28. The van der Waals surface area contributed by atoms with Crippen LogP contribution in [0.3, 0.4) is 0 Å². The van der Waals surface area contributed by atoms with E-state index in [1.54, 1.807) is 11.3 Å². The number of hydrogen-bond acceptors (Lipinski definition) is 4. The Labute approximate surface area is 118 Å². The fourth-order valence-electron chi connectivity index (χ4n) is 2.81. The molecule has 1 aromatic heterocycles. The summed E-state index contributed by atoms with van der Waals surface area (Å²) in [5, 5.41) is 0.673. The quantitative estimate of drug-likeness (QED) is 0.934. The third-order valence-corrected chi connectivity index (χ3v) is 4.54. The second kappa shape index (κ2) is 5.72. The lowest BCUT2D eigenvalue weighted by molar-refractivity contribution is 0.201. The van der Waals surface area contributed by atoms with Gasteiger partial charge in [-0.1, -0.05) is 30.3 Å². The summed E-state index contributed by atoms with van der Waals surface area (Å²) in [5.41, 5.74) is 7.16. The molecule has 3 rings (SSSR count). The molecule has 1 aromatic carbocycles. The minimum atomic E-state index is 0.667. The Morgan fingerprint density at radius 3 is 2.89 bits per heavy atom. The van der Waals surface area contributed by atoms with Gasteiger partial charge >= 0.3 is 0 Å². The van der Waals surface area contributed by atoms with Gasteiger partial charge in [0.25, 0.3) is 0 Å². The molecule has 0 spiro atoms. The lowest BCUT2D eigenvalue weighted by Gasteiger charge is -2.32. The number of piperidine rings is 1. The number of aromatic nitrogens is 1. The standard InChI is InChI=1S/C15H19N3S/c16-15-17-9-14(19-15)11-18-8-4-7-13(10-18)12-5-2-1-3-6-12/h1-3,5-6,9,13H,4,7-8,10-11H2,(H2,16,17). The SMILES string of the molecule is Nc1ncc(CN2CCCC(c3ccccc3)C2)s1. The highest BCUT2D eigenvalue weighted by atomic mass is 32.1. The van der Waals surface area contributed by atoms with E-state index in [4.69, 9.17) is 5.73 Å². The Balaban J connectivity index is 1.65. The molecule has 100 valence electrons. The Kier molecular flexibility index (Phi) is 3.80. The molecule has 2 heterocycles. The van der Waals surface area contributed by atoms with Gasteiger partial charge in [-0.25, -0.2) is 4.98 Å². The molecule has 3 nitrogen and oxygen atoms in total. The molecule has 2 aromatic rings. The van der Waals surface area contributed by atoms with Crippen molar-refractivity contribution in [3.63, 3.8) is 0 Å². The third-order valence-electron chi connectivity index (χ3n) is 3.73. The van der Waals surface area contributed by atoms with Crippen LogP contribution in [0.1, 0.15) is 29.2 Å². The van der Waals surface area contributed by atoms with Crippen molar-refractivity contribution in [2.45, 2.75) is 25.3 Å². The van der Waals surface area contributed by atoms with Crippen LogP contribution in [0.15, 0.2) is 36.5 Å². The van der Waals surface area contributed by atoms with E-state index in [2.05, 4.69) is 40.2 Å². The van der Waals surface area contributed by atoms with Crippen molar-refractivity contribution in [1.29, 1.82) is 0 Å². The summed E-state index contributed by atoms with van der Waals surface area (Å²) >= 11 is 1.60. The summed E-state index contributed by atoms with van der Waals surface area (Å²) in [7, 11) is 0. The molecule has 1 aliphatic rings. The molecule has 0 aliphatic carbocycles. The highest BCUT2D eigenvalue weighted by molar-refractivity contribution is 7.15. The largest absolute Gasteiger partial charge is 0.375 e. The van der Waals surface area contributed by atoms with Gasteiger partial charge in [0, 0.05) is 24.2 Å². The van der Waals surface area contributed by atoms with Gasteiger partial charge in [0.15, 0.2) is 5.13 Å². The van der Waals surface area contributed by atoms with Crippen molar-refractivity contribution >= 4 is 16.5 Å². The van der Waals surface area contributed by atoms with Gasteiger partial charge in [-0.3, -0.25) is 4.90 Å². The summed E-state index contributed by atoms with van der Waals surface area (Å²) < 4.78 is 0. The molecule has 19 heavy (non-hydrogen) atoms. The van der Waals surface area contributed by atoms with Gasteiger partial charge in [0.05, 0.1) is 0 Å². The van der Waals surface area contributed by atoms with Crippen LogP contribution in [-0.4, -0.2) is 23.0 Å².